The van der Waals surface area contributed by atoms with Crippen molar-refractivity contribution in [1.29, 1.82) is 0 Å². The van der Waals surface area contributed by atoms with Crippen molar-refractivity contribution >= 4 is 17.9 Å². The highest BCUT2D eigenvalue weighted by atomic mass is 16.6. The summed E-state index contributed by atoms with van der Waals surface area (Å²) >= 11 is 0. The molecular weight excluding hydrogens is 961 g/mol. The highest BCUT2D eigenvalue weighted by Gasteiger charge is 2.19. The maximum absolute atomic E-state index is 12.9. The third-order valence-corrected chi connectivity index (χ3v) is 14.0. The molecule has 0 aromatic rings. The lowest BCUT2D eigenvalue weighted by Gasteiger charge is -2.18. The van der Waals surface area contributed by atoms with Gasteiger partial charge < -0.3 is 14.2 Å². The predicted octanol–water partition coefficient (Wildman–Crippen LogP) is 22.6. The summed E-state index contributed by atoms with van der Waals surface area (Å²) in [4.78, 5) is 38.3. The smallest absolute Gasteiger partial charge is 0.306 e. The Hall–Kier alpha value is -3.93. The summed E-state index contributed by atoms with van der Waals surface area (Å²) in [5, 5.41) is 0. The summed E-state index contributed by atoms with van der Waals surface area (Å²) in [5.41, 5.74) is 0. The molecule has 6 nitrogen and oxygen atoms in total. The molecule has 0 saturated heterocycles. The van der Waals surface area contributed by atoms with Crippen molar-refractivity contribution in [3.63, 3.8) is 0 Å². The van der Waals surface area contributed by atoms with E-state index >= 15 is 0 Å². The number of carbonyl (C=O) groups is 3. The first-order valence-electron chi connectivity index (χ1n) is 32.9. The molecule has 0 radical (unpaired) electrons. The maximum atomic E-state index is 12.9. The minimum atomic E-state index is -0.807. The number of hydrogen-bond donors (Lipinski definition) is 0. The van der Waals surface area contributed by atoms with E-state index in [0.29, 0.717) is 19.3 Å². The first-order chi connectivity index (χ1) is 38.5. The lowest BCUT2D eigenvalue weighted by Crippen LogP contribution is -2.30. The van der Waals surface area contributed by atoms with Crippen LogP contribution in [0.15, 0.2) is 109 Å². The van der Waals surface area contributed by atoms with E-state index in [1.165, 1.54) is 148 Å². The van der Waals surface area contributed by atoms with Gasteiger partial charge in [0.25, 0.3) is 0 Å². The monoisotopic (exact) mass is 1080 g/mol. The standard InChI is InChI=1S/C72H122O6/c1-4-7-10-13-16-19-22-25-28-29-30-31-32-33-34-35-36-37-38-39-40-41-42-43-45-47-50-53-56-59-62-65-71(74)77-68-69(67-76-70(73)64-61-58-55-52-49-46-27-24-21-18-15-12-9-6-3)78-72(75)66-63-60-57-54-51-48-44-26-23-20-17-14-11-8-5-2/h8,11,15,17-18,20,22,24-27,29-30,32-33,44,51,54,69H,4-7,9-10,12-14,16,19,21,23,28,31,34-43,45-50,52-53,55-68H2,1-3H3/b11-8-,18-15-,20-17-,25-22-,27-24-,30-29-,33-32-,44-26-,54-51-. The number of allylic oxidation sites excluding steroid dienone is 18. The number of ether oxygens (including phenoxy) is 3. The number of rotatable bonds is 59. The fourth-order valence-electron chi connectivity index (χ4n) is 9.05. The second-order valence-electron chi connectivity index (χ2n) is 21.6. The van der Waals surface area contributed by atoms with Gasteiger partial charge in [-0.05, 0) is 122 Å². The van der Waals surface area contributed by atoms with E-state index in [4.69, 9.17) is 14.2 Å². The maximum Gasteiger partial charge on any atom is 0.306 e. The lowest BCUT2D eigenvalue weighted by molar-refractivity contribution is -0.167. The molecule has 0 rings (SSSR count). The van der Waals surface area contributed by atoms with Gasteiger partial charge in [-0.3, -0.25) is 14.4 Å². The van der Waals surface area contributed by atoms with Crippen LogP contribution in [0.4, 0.5) is 0 Å². The van der Waals surface area contributed by atoms with Crippen molar-refractivity contribution in [2.24, 2.45) is 0 Å². The van der Waals surface area contributed by atoms with Gasteiger partial charge in [-0.15, -0.1) is 0 Å². The molecule has 0 heterocycles. The van der Waals surface area contributed by atoms with Gasteiger partial charge in [0.1, 0.15) is 13.2 Å². The van der Waals surface area contributed by atoms with Crippen molar-refractivity contribution < 1.29 is 28.6 Å². The van der Waals surface area contributed by atoms with Crippen LogP contribution in [0, 0.1) is 0 Å². The van der Waals surface area contributed by atoms with Crippen LogP contribution in [0.5, 0.6) is 0 Å². The van der Waals surface area contributed by atoms with Crippen molar-refractivity contribution in [2.45, 2.75) is 316 Å². The minimum Gasteiger partial charge on any atom is -0.462 e. The highest BCUT2D eigenvalue weighted by molar-refractivity contribution is 5.71. The molecule has 0 amide bonds. The van der Waals surface area contributed by atoms with E-state index < -0.39 is 6.10 Å². The number of unbranched alkanes of at least 4 members (excludes halogenated alkanes) is 30. The Bertz CT molecular complexity index is 1570. The fraction of sp³-hybridized carbons (Fsp3) is 0.708. The molecule has 0 N–H and O–H groups in total. The molecule has 0 fully saturated rings. The van der Waals surface area contributed by atoms with Crippen molar-refractivity contribution in [3.8, 4) is 0 Å². The first kappa shape index (κ1) is 74.1. The predicted molar refractivity (Wildman–Crippen MR) is 339 cm³/mol. The average molecular weight is 1080 g/mol. The molecule has 0 aliphatic rings. The quantitative estimate of drug-likeness (QED) is 0.0261. The largest absolute Gasteiger partial charge is 0.462 e. The molecule has 6 heteroatoms. The molecule has 1 atom stereocenters. The Balaban J connectivity index is 4.24. The normalized spacial score (nSPS) is 12.8. The van der Waals surface area contributed by atoms with Crippen LogP contribution in [0.3, 0.4) is 0 Å². The van der Waals surface area contributed by atoms with Crippen LogP contribution in [0.1, 0.15) is 310 Å². The Morgan fingerprint density at radius 2 is 0.513 bits per heavy atom. The van der Waals surface area contributed by atoms with Gasteiger partial charge in [0.15, 0.2) is 6.10 Å². The van der Waals surface area contributed by atoms with Crippen LogP contribution in [-0.2, 0) is 28.6 Å². The van der Waals surface area contributed by atoms with E-state index in [1.807, 2.05) is 0 Å². The Morgan fingerprint density at radius 1 is 0.269 bits per heavy atom. The van der Waals surface area contributed by atoms with E-state index in [0.717, 1.165) is 116 Å². The van der Waals surface area contributed by atoms with Crippen LogP contribution in [0.2, 0.25) is 0 Å². The Labute approximate surface area is 482 Å². The van der Waals surface area contributed by atoms with Crippen molar-refractivity contribution in [2.75, 3.05) is 13.2 Å². The van der Waals surface area contributed by atoms with Crippen LogP contribution < -0.4 is 0 Å². The summed E-state index contributed by atoms with van der Waals surface area (Å²) in [6, 6.07) is 0. The zero-order chi connectivity index (χ0) is 56.4. The molecule has 0 aliphatic carbocycles. The zero-order valence-electron chi connectivity index (χ0n) is 51.2. The molecule has 446 valence electrons. The summed E-state index contributed by atoms with van der Waals surface area (Å²) in [6.45, 7) is 6.44. The molecule has 0 aliphatic heterocycles. The van der Waals surface area contributed by atoms with Gasteiger partial charge in [-0.1, -0.05) is 278 Å². The summed E-state index contributed by atoms with van der Waals surface area (Å²) in [7, 11) is 0. The summed E-state index contributed by atoms with van der Waals surface area (Å²) < 4.78 is 16.9. The van der Waals surface area contributed by atoms with Gasteiger partial charge in [0, 0.05) is 19.3 Å². The minimum absolute atomic E-state index is 0.0990. The molecular formula is C72H122O6. The molecule has 0 saturated carbocycles. The third-order valence-electron chi connectivity index (χ3n) is 14.0. The van der Waals surface area contributed by atoms with E-state index in [-0.39, 0.29) is 37.5 Å². The molecule has 0 spiro atoms. The zero-order valence-corrected chi connectivity index (χ0v) is 51.2. The van der Waals surface area contributed by atoms with Gasteiger partial charge >= 0.3 is 17.9 Å². The summed E-state index contributed by atoms with van der Waals surface area (Å²) in [6.07, 6.45) is 89.7. The fourth-order valence-corrected chi connectivity index (χ4v) is 9.05. The number of esters is 3. The Kier molecular flexibility index (Phi) is 62.3. The van der Waals surface area contributed by atoms with Gasteiger partial charge in [0.05, 0.1) is 0 Å². The SMILES string of the molecule is CC/C=C\C/C=C\C/C=C\C/C=C\CCCCC(=O)OC(COC(=O)CCCCCCC/C=C\C/C=C\CCCC)COC(=O)CCCCCCCCCCCCCCCCCC/C=C\C/C=C\C/C=C\CCCCCCC. The first-order valence-corrected chi connectivity index (χ1v) is 32.9. The topological polar surface area (TPSA) is 78.9 Å². The molecule has 1 unspecified atom stereocenters. The number of hydrogen-bond acceptors (Lipinski definition) is 6. The second kappa shape index (κ2) is 65.6. The van der Waals surface area contributed by atoms with Gasteiger partial charge in [-0.2, -0.15) is 0 Å². The highest BCUT2D eigenvalue weighted by Crippen LogP contribution is 2.16. The van der Waals surface area contributed by atoms with Crippen LogP contribution in [-0.4, -0.2) is 37.2 Å². The van der Waals surface area contributed by atoms with E-state index in [2.05, 4.69) is 130 Å². The molecule has 0 bridgehead atoms. The average Bonchev–Trinajstić information content (AvgIpc) is 3.44. The van der Waals surface area contributed by atoms with Gasteiger partial charge in [0.2, 0.25) is 0 Å². The lowest BCUT2D eigenvalue weighted by atomic mass is 10.0. The second-order valence-corrected chi connectivity index (χ2v) is 21.6. The summed E-state index contributed by atoms with van der Waals surface area (Å²) in [5.74, 6) is -0.949. The van der Waals surface area contributed by atoms with Gasteiger partial charge in [-0.25, -0.2) is 0 Å². The molecule has 78 heavy (non-hydrogen) atoms. The van der Waals surface area contributed by atoms with Crippen molar-refractivity contribution in [1.82, 2.24) is 0 Å². The Morgan fingerprint density at radius 3 is 0.846 bits per heavy atom. The third kappa shape index (κ3) is 62.9. The van der Waals surface area contributed by atoms with E-state index in [9.17, 15) is 14.4 Å². The molecule has 0 aromatic carbocycles. The van der Waals surface area contributed by atoms with E-state index in [1.54, 1.807) is 0 Å². The number of carbonyl (C=O) groups excluding carboxylic acids is 3. The molecule has 0 aromatic heterocycles. The van der Waals surface area contributed by atoms with Crippen LogP contribution in [0.25, 0.3) is 0 Å². The van der Waals surface area contributed by atoms with Crippen LogP contribution >= 0.6 is 0 Å². The van der Waals surface area contributed by atoms with Crippen molar-refractivity contribution in [3.05, 3.63) is 109 Å².